The van der Waals surface area contributed by atoms with Crippen LogP contribution in [0.3, 0.4) is 0 Å². The van der Waals surface area contributed by atoms with Gasteiger partial charge in [-0.2, -0.15) is 0 Å². The third-order valence-electron chi connectivity index (χ3n) is 5.70. The Morgan fingerprint density at radius 1 is 0.920 bits per heavy atom. The zero-order chi connectivity index (χ0) is 17.2. The van der Waals surface area contributed by atoms with Crippen molar-refractivity contribution in [1.29, 1.82) is 0 Å². The van der Waals surface area contributed by atoms with Crippen LogP contribution < -0.4 is 0 Å². The van der Waals surface area contributed by atoms with Crippen LogP contribution in [-0.2, 0) is 4.79 Å². The molecule has 130 valence electrons. The number of fused-ring (bicyclic) bond motifs is 2. The quantitative estimate of drug-likeness (QED) is 0.847. The van der Waals surface area contributed by atoms with Gasteiger partial charge in [-0.05, 0) is 24.0 Å². The molecule has 3 heteroatoms. The first-order valence-corrected chi connectivity index (χ1v) is 9.43. The molecule has 3 nitrogen and oxygen atoms in total. The second kappa shape index (κ2) is 7.01. The molecule has 25 heavy (non-hydrogen) atoms. The van der Waals surface area contributed by atoms with Crippen molar-refractivity contribution >= 4 is 5.91 Å². The van der Waals surface area contributed by atoms with Crippen molar-refractivity contribution in [3.05, 3.63) is 71.8 Å². The number of carbonyl (C=O) groups excluding carboxylic acids is 1. The van der Waals surface area contributed by atoms with Crippen molar-refractivity contribution in [3.63, 3.8) is 0 Å². The highest BCUT2D eigenvalue weighted by atomic mass is 16.2. The third-order valence-corrected chi connectivity index (χ3v) is 5.70. The van der Waals surface area contributed by atoms with Gasteiger partial charge in [0, 0.05) is 31.6 Å². The highest BCUT2D eigenvalue weighted by molar-refractivity contribution is 5.77. The molecular weight excluding hydrogens is 308 g/mol. The van der Waals surface area contributed by atoms with Crippen molar-refractivity contribution in [2.24, 2.45) is 0 Å². The van der Waals surface area contributed by atoms with Gasteiger partial charge in [-0.25, -0.2) is 0 Å². The van der Waals surface area contributed by atoms with E-state index < -0.39 is 0 Å². The normalized spacial score (nSPS) is 23.2. The van der Waals surface area contributed by atoms with Crippen LogP contribution in [0, 0.1) is 0 Å². The van der Waals surface area contributed by atoms with E-state index in [0.29, 0.717) is 24.4 Å². The molecule has 2 aromatic carbocycles. The molecule has 0 aliphatic carbocycles. The average Bonchev–Trinajstić information content (AvgIpc) is 2.93. The van der Waals surface area contributed by atoms with E-state index in [-0.39, 0.29) is 6.04 Å². The molecule has 2 aromatic rings. The summed E-state index contributed by atoms with van der Waals surface area (Å²) in [6, 6.07) is 22.6. The van der Waals surface area contributed by atoms with Gasteiger partial charge in [0.15, 0.2) is 0 Å². The Morgan fingerprint density at radius 2 is 1.40 bits per heavy atom. The van der Waals surface area contributed by atoms with Crippen molar-refractivity contribution in [1.82, 2.24) is 9.80 Å². The number of amides is 1. The van der Waals surface area contributed by atoms with Crippen LogP contribution in [0.25, 0.3) is 0 Å². The number of rotatable bonds is 4. The topological polar surface area (TPSA) is 23.6 Å². The summed E-state index contributed by atoms with van der Waals surface area (Å²) >= 11 is 0. The standard InChI is InChI=1S/C22H26N2O/c1-2-21(25)24-19-13-14-20(24)16-23(15-19)22(17-9-5-3-6-10-17)18-11-7-4-8-12-18/h3-12,19-20,22H,2,13-16H2,1H3. The number of piperazine rings is 1. The molecule has 2 bridgehead atoms. The summed E-state index contributed by atoms with van der Waals surface area (Å²) in [5, 5.41) is 0. The van der Waals surface area contributed by atoms with Gasteiger partial charge in [0.2, 0.25) is 5.91 Å². The first kappa shape index (κ1) is 16.3. The maximum atomic E-state index is 12.4. The fraction of sp³-hybridized carbons (Fsp3) is 0.409. The third kappa shape index (κ3) is 3.09. The molecule has 2 saturated heterocycles. The van der Waals surface area contributed by atoms with Crippen LogP contribution in [-0.4, -0.2) is 40.9 Å². The Bertz CT molecular complexity index is 662. The molecule has 4 rings (SSSR count). The van der Waals surface area contributed by atoms with Crippen LogP contribution >= 0.6 is 0 Å². The van der Waals surface area contributed by atoms with E-state index >= 15 is 0 Å². The second-order valence-corrected chi connectivity index (χ2v) is 7.22. The predicted octanol–water partition coefficient (Wildman–Crippen LogP) is 3.86. The number of hydrogen-bond donors (Lipinski definition) is 0. The van der Waals surface area contributed by atoms with Gasteiger partial charge in [0.1, 0.15) is 0 Å². The summed E-state index contributed by atoms with van der Waals surface area (Å²) in [7, 11) is 0. The molecule has 0 aromatic heterocycles. The first-order valence-electron chi connectivity index (χ1n) is 9.43. The number of nitrogens with zero attached hydrogens (tertiary/aromatic N) is 2. The number of hydrogen-bond acceptors (Lipinski definition) is 2. The Balaban J connectivity index is 1.65. The highest BCUT2D eigenvalue weighted by Crippen LogP contribution is 2.37. The van der Waals surface area contributed by atoms with Crippen molar-refractivity contribution < 1.29 is 4.79 Å². The molecule has 2 unspecified atom stereocenters. The highest BCUT2D eigenvalue weighted by Gasteiger charge is 2.43. The van der Waals surface area contributed by atoms with Crippen molar-refractivity contribution in [3.8, 4) is 0 Å². The fourth-order valence-electron chi connectivity index (χ4n) is 4.62. The first-order chi connectivity index (χ1) is 12.3. The molecule has 0 radical (unpaired) electrons. The summed E-state index contributed by atoms with van der Waals surface area (Å²) in [5.41, 5.74) is 2.67. The Hall–Kier alpha value is -2.13. The van der Waals surface area contributed by atoms with E-state index in [4.69, 9.17) is 0 Å². The van der Waals surface area contributed by atoms with Gasteiger partial charge in [-0.1, -0.05) is 67.6 Å². The van der Waals surface area contributed by atoms with Crippen LogP contribution in [0.15, 0.2) is 60.7 Å². The molecule has 0 N–H and O–H groups in total. The van der Waals surface area contributed by atoms with Gasteiger partial charge < -0.3 is 4.90 Å². The lowest BCUT2D eigenvalue weighted by atomic mass is 9.95. The molecule has 0 spiro atoms. The Kier molecular flexibility index (Phi) is 4.58. The lowest BCUT2D eigenvalue weighted by Gasteiger charge is -2.44. The van der Waals surface area contributed by atoms with Gasteiger partial charge in [0.05, 0.1) is 6.04 Å². The van der Waals surface area contributed by atoms with E-state index in [1.165, 1.54) is 11.1 Å². The van der Waals surface area contributed by atoms with Crippen molar-refractivity contribution in [2.75, 3.05) is 13.1 Å². The predicted molar refractivity (Wildman–Crippen MR) is 100 cm³/mol. The summed E-state index contributed by atoms with van der Waals surface area (Å²) < 4.78 is 0. The van der Waals surface area contributed by atoms with Gasteiger partial charge >= 0.3 is 0 Å². The molecule has 2 aliphatic heterocycles. The lowest BCUT2D eigenvalue weighted by Crippen LogP contribution is -2.56. The molecule has 2 fully saturated rings. The maximum absolute atomic E-state index is 12.4. The zero-order valence-electron chi connectivity index (χ0n) is 14.8. The molecular formula is C22H26N2O. The molecule has 1 amide bonds. The number of benzene rings is 2. The maximum Gasteiger partial charge on any atom is 0.222 e. The number of likely N-dealkylation sites (tertiary alicyclic amines) is 1. The average molecular weight is 334 g/mol. The second-order valence-electron chi connectivity index (χ2n) is 7.22. The summed E-state index contributed by atoms with van der Waals surface area (Å²) in [6.07, 6.45) is 2.90. The lowest BCUT2D eigenvalue weighted by molar-refractivity contribution is -0.137. The minimum absolute atomic E-state index is 0.268. The summed E-state index contributed by atoms with van der Waals surface area (Å²) in [4.78, 5) is 17.1. The van der Waals surface area contributed by atoms with Crippen LogP contribution in [0.1, 0.15) is 43.4 Å². The summed E-state index contributed by atoms with van der Waals surface area (Å²) in [6.45, 7) is 3.91. The SMILES string of the molecule is CCC(=O)N1C2CCC1CN(C(c1ccccc1)c1ccccc1)C2. The molecule has 2 atom stereocenters. The van der Waals surface area contributed by atoms with E-state index in [9.17, 15) is 4.79 Å². The van der Waals surface area contributed by atoms with E-state index in [0.717, 1.165) is 25.9 Å². The van der Waals surface area contributed by atoms with Crippen molar-refractivity contribution in [2.45, 2.75) is 44.3 Å². The van der Waals surface area contributed by atoms with E-state index in [1.54, 1.807) is 0 Å². The van der Waals surface area contributed by atoms with Crippen LogP contribution in [0.5, 0.6) is 0 Å². The van der Waals surface area contributed by atoms with E-state index in [1.807, 2.05) is 6.92 Å². The van der Waals surface area contributed by atoms with Gasteiger partial charge in [0.25, 0.3) is 0 Å². The summed E-state index contributed by atoms with van der Waals surface area (Å²) in [5.74, 6) is 0.322. The minimum Gasteiger partial charge on any atom is -0.334 e. The Labute approximate surface area is 150 Å². The Morgan fingerprint density at radius 3 is 1.84 bits per heavy atom. The fourth-order valence-corrected chi connectivity index (χ4v) is 4.62. The minimum atomic E-state index is 0.268. The molecule has 2 heterocycles. The monoisotopic (exact) mass is 334 g/mol. The largest absolute Gasteiger partial charge is 0.334 e. The molecule has 0 saturated carbocycles. The smallest absolute Gasteiger partial charge is 0.222 e. The molecule has 2 aliphatic rings. The van der Waals surface area contributed by atoms with Crippen LogP contribution in [0.2, 0.25) is 0 Å². The van der Waals surface area contributed by atoms with Gasteiger partial charge in [-0.3, -0.25) is 9.69 Å². The van der Waals surface area contributed by atoms with E-state index in [2.05, 4.69) is 70.5 Å². The van der Waals surface area contributed by atoms with Crippen LogP contribution in [0.4, 0.5) is 0 Å². The number of carbonyl (C=O) groups is 1. The van der Waals surface area contributed by atoms with Gasteiger partial charge in [-0.15, -0.1) is 0 Å². The zero-order valence-corrected chi connectivity index (χ0v) is 14.8.